The molecule has 146 valence electrons. The van der Waals surface area contributed by atoms with E-state index in [-0.39, 0.29) is 5.91 Å². The quantitative estimate of drug-likeness (QED) is 0.713. The van der Waals surface area contributed by atoms with Crippen molar-refractivity contribution in [2.75, 3.05) is 53.6 Å². The third-order valence-electron chi connectivity index (χ3n) is 4.71. The molecule has 0 radical (unpaired) electrons. The van der Waals surface area contributed by atoms with E-state index in [1.54, 1.807) is 0 Å². The van der Waals surface area contributed by atoms with Gasteiger partial charge in [0.05, 0.1) is 19.8 Å². The molecule has 1 aliphatic rings. The molecule has 5 nitrogen and oxygen atoms in total. The van der Waals surface area contributed by atoms with E-state index >= 15 is 0 Å². The third-order valence-corrected chi connectivity index (χ3v) is 4.71. The zero-order valence-electron chi connectivity index (χ0n) is 16.8. The van der Waals surface area contributed by atoms with Crippen molar-refractivity contribution in [1.29, 1.82) is 0 Å². The van der Waals surface area contributed by atoms with E-state index in [1.165, 1.54) is 5.56 Å². The van der Waals surface area contributed by atoms with Gasteiger partial charge in [0.25, 0.3) is 0 Å². The second kappa shape index (κ2) is 10.5. The molecule has 1 heterocycles. The lowest BCUT2D eigenvalue weighted by Crippen LogP contribution is -2.38. The summed E-state index contributed by atoms with van der Waals surface area (Å²) in [5.41, 5.74) is 2.43. The fourth-order valence-corrected chi connectivity index (χ4v) is 3.52. The first-order chi connectivity index (χ1) is 12.5. The van der Waals surface area contributed by atoms with Crippen molar-refractivity contribution in [3.05, 3.63) is 29.3 Å². The van der Waals surface area contributed by atoms with Crippen LogP contribution in [0, 0.1) is 12.8 Å². The van der Waals surface area contributed by atoms with Gasteiger partial charge in [-0.05, 0) is 58.0 Å². The van der Waals surface area contributed by atoms with Crippen LogP contribution in [0.25, 0.3) is 0 Å². The molecule has 26 heavy (non-hydrogen) atoms. The standard InChI is InChI=1S/C21H34N2O3/c1-5-26-20-10-9-18(13-17(20)2)7-6-8-21(24)23-11-12-25-16-19(15-23)14-22(3)4/h9-10,13,19H,5-8,11-12,14-16H2,1-4H3. The summed E-state index contributed by atoms with van der Waals surface area (Å²) in [5, 5.41) is 0. The molecule has 1 aliphatic heterocycles. The van der Waals surface area contributed by atoms with Gasteiger partial charge in [0.2, 0.25) is 5.91 Å². The highest BCUT2D eigenvalue weighted by molar-refractivity contribution is 5.76. The first-order valence-electron chi connectivity index (χ1n) is 9.72. The minimum absolute atomic E-state index is 0.252. The van der Waals surface area contributed by atoms with Crippen LogP contribution in [-0.4, -0.2) is 69.3 Å². The first kappa shape index (κ1) is 20.7. The number of hydrogen-bond acceptors (Lipinski definition) is 4. The SMILES string of the molecule is CCOc1ccc(CCCC(=O)N2CCOCC(CN(C)C)C2)cc1C. The van der Waals surface area contributed by atoms with Crippen LogP contribution >= 0.6 is 0 Å². The molecule has 0 saturated carbocycles. The van der Waals surface area contributed by atoms with Gasteiger partial charge in [-0.3, -0.25) is 4.79 Å². The molecular weight excluding hydrogens is 328 g/mol. The van der Waals surface area contributed by atoms with E-state index in [1.807, 2.05) is 17.9 Å². The van der Waals surface area contributed by atoms with E-state index in [2.05, 4.69) is 38.1 Å². The van der Waals surface area contributed by atoms with Crippen molar-refractivity contribution in [2.45, 2.75) is 33.1 Å². The summed E-state index contributed by atoms with van der Waals surface area (Å²) in [4.78, 5) is 16.8. The van der Waals surface area contributed by atoms with Crippen LogP contribution < -0.4 is 4.74 Å². The van der Waals surface area contributed by atoms with Gasteiger partial charge in [-0.25, -0.2) is 0 Å². The molecule has 1 amide bonds. The van der Waals surface area contributed by atoms with Crippen LogP contribution in [0.1, 0.15) is 30.9 Å². The molecule has 1 fully saturated rings. The topological polar surface area (TPSA) is 42.0 Å². The second-order valence-corrected chi connectivity index (χ2v) is 7.43. The first-order valence-corrected chi connectivity index (χ1v) is 9.72. The van der Waals surface area contributed by atoms with E-state index in [0.29, 0.717) is 32.1 Å². The molecule has 0 N–H and O–H groups in total. The summed E-state index contributed by atoms with van der Waals surface area (Å²) in [6.45, 7) is 8.61. The average Bonchev–Trinajstić information content (AvgIpc) is 2.82. The Kier molecular flexibility index (Phi) is 8.39. The van der Waals surface area contributed by atoms with Crippen molar-refractivity contribution < 1.29 is 14.3 Å². The van der Waals surface area contributed by atoms with E-state index < -0.39 is 0 Å². The minimum atomic E-state index is 0.252. The Labute approximate surface area is 158 Å². The van der Waals surface area contributed by atoms with Gasteiger partial charge in [0.1, 0.15) is 5.75 Å². The molecule has 1 unspecified atom stereocenters. The molecule has 0 aromatic heterocycles. The van der Waals surface area contributed by atoms with Gasteiger partial charge in [-0.2, -0.15) is 0 Å². The van der Waals surface area contributed by atoms with Crippen molar-refractivity contribution >= 4 is 5.91 Å². The van der Waals surface area contributed by atoms with Crippen LogP contribution in [0.3, 0.4) is 0 Å². The number of hydrogen-bond donors (Lipinski definition) is 0. The zero-order chi connectivity index (χ0) is 18.9. The summed E-state index contributed by atoms with van der Waals surface area (Å²) in [6.07, 6.45) is 2.40. The van der Waals surface area contributed by atoms with Gasteiger partial charge in [-0.15, -0.1) is 0 Å². The van der Waals surface area contributed by atoms with Crippen molar-refractivity contribution in [1.82, 2.24) is 9.80 Å². The molecule has 1 atom stereocenters. The highest BCUT2D eigenvalue weighted by Gasteiger charge is 2.22. The van der Waals surface area contributed by atoms with Crippen molar-refractivity contribution in [2.24, 2.45) is 5.92 Å². The zero-order valence-corrected chi connectivity index (χ0v) is 16.8. The summed E-state index contributed by atoms with van der Waals surface area (Å²) in [7, 11) is 4.13. The van der Waals surface area contributed by atoms with Crippen molar-refractivity contribution in [3.63, 3.8) is 0 Å². The molecule has 1 aromatic rings. The van der Waals surface area contributed by atoms with Gasteiger partial charge >= 0.3 is 0 Å². The van der Waals surface area contributed by atoms with Crippen LogP contribution in [0.2, 0.25) is 0 Å². The molecule has 0 spiro atoms. The van der Waals surface area contributed by atoms with E-state index in [9.17, 15) is 4.79 Å². The molecule has 2 rings (SSSR count). The highest BCUT2D eigenvalue weighted by atomic mass is 16.5. The lowest BCUT2D eigenvalue weighted by Gasteiger charge is -2.25. The Morgan fingerprint density at radius 3 is 2.88 bits per heavy atom. The predicted molar refractivity (Wildman–Crippen MR) is 105 cm³/mol. The van der Waals surface area contributed by atoms with Crippen LogP contribution in [0.4, 0.5) is 0 Å². The van der Waals surface area contributed by atoms with E-state index in [4.69, 9.17) is 9.47 Å². The average molecular weight is 363 g/mol. The number of amides is 1. The van der Waals surface area contributed by atoms with Gasteiger partial charge in [-0.1, -0.05) is 12.1 Å². The summed E-state index contributed by atoms with van der Waals surface area (Å²) in [5.74, 6) is 1.59. The maximum absolute atomic E-state index is 12.6. The maximum Gasteiger partial charge on any atom is 0.222 e. The second-order valence-electron chi connectivity index (χ2n) is 7.43. The third kappa shape index (κ3) is 6.61. The molecule has 1 aromatic carbocycles. The lowest BCUT2D eigenvalue weighted by atomic mass is 10.0. The minimum Gasteiger partial charge on any atom is -0.494 e. The number of carbonyl (C=O) groups excluding carboxylic acids is 1. The summed E-state index contributed by atoms with van der Waals surface area (Å²) in [6, 6.07) is 6.31. The van der Waals surface area contributed by atoms with Crippen molar-refractivity contribution in [3.8, 4) is 5.75 Å². The predicted octanol–water partition coefficient (Wildman–Crippen LogP) is 2.75. The number of ether oxygens (including phenoxy) is 2. The molecular formula is C21H34N2O3. The fourth-order valence-electron chi connectivity index (χ4n) is 3.52. The normalized spacial score (nSPS) is 18.0. The fraction of sp³-hybridized carbons (Fsp3) is 0.667. The molecule has 5 heteroatoms. The largest absolute Gasteiger partial charge is 0.494 e. The Morgan fingerprint density at radius 2 is 2.19 bits per heavy atom. The van der Waals surface area contributed by atoms with Gasteiger partial charge in [0.15, 0.2) is 0 Å². The van der Waals surface area contributed by atoms with Crippen LogP contribution in [0.5, 0.6) is 5.75 Å². The Bertz CT molecular complexity index is 574. The summed E-state index contributed by atoms with van der Waals surface area (Å²) < 4.78 is 11.3. The number of nitrogens with zero attached hydrogens (tertiary/aromatic N) is 2. The number of benzene rings is 1. The van der Waals surface area contributed by atoms with Crippen LogP contribution in [0.15, 0.2) is 18.2 Å². The smallest absolute Gasteiger partial charge is 0.222 e. The van der Waals surface area contributed by atoms with Gasteiger partial charge in [0, 0.05) is 32.0 Å². The van der Waals surface area contributed by atoms with Gasteiger partial charge < -0.3 is 19.3 Å². The summed E-state index contributed by atoms with van der Waals surface area (Å²) >= 11 is 0. The number of carbonyl (C=O) groups is 1. The van der Waals surface area contributed by atoms with Crippen LogP contribution in [-0.2, 0) is 16.0 Å². The highest BCUT2D eigenvalue weighted by Crippen LogP contribution is 2.20. The molecule has 0 bridgehead atoms. The monoisotopic (exact) mass is 362 g/mol. The Morgan fingerprint density at radius 1 is 1.38 bits per heavy atom. The lowest BCUT2D eigenvalue weighted by molar-refractivity contribution is -0.131. The number of rotatable bonds is 8. The van der Waals surface area contributed by atoms with E-state index in [0.717, 1.165) is 43.9 Å². The number of aryl methyl sites for hydroxylation is 2. The Hall–Kier alpha value is -1.59. The Balaban J connectivity index is 1.81. The maximum atomic E-state index is 12.6. The molecule has 1 saturated heterocycles. The molecule has 0 aliphatic carbocycles.